The van der Waals surface area contributed by atoms with Crippen LogP contribution in [-0.4, -0.2) is 0 Å². The Labute approximate surface area is 589 Å². The van der Waals surface area contributed by atoms with E-state index in [0.29, 0.717) is 11.8 Å². The molecular formula is C98H80N2. The number of hydrogen-bond donors (Lipinski definition) is 0. The van der Waals surface area contributed by atoms with E-state index in [1.807, 2.05) is 0 Å². The molecule has 0 aromatic heterocycles. The van der Waals surface area contributed by atoms with Gasteiger partial charge in [-0.15, -0.1) is 0 Å². The number of allylic oxidation sites excluding steroid dienone is 8. The average Bonchev–Trinajstić information content (AvgIpc) is 1.33. The molecule has 0 fully saturated rings. The monoisotopic (exact) mass is 1280 g/mol. The largest absolute Gasteiger partial charge is 0.310 e. The van der Waals surface area contributed by atoms with E-state index in [9.17, 15) is 0 Å². The van der Waals surface area contributed by atoms with Gasteiger partial charge in [0.25, 0.3) is 0 Å². The molecule has 482 valence electrons. The zero-order valence-corrected chi connectivity index (χ0v) is 58.3. The second-order valence-corrected chi connectivity index (χ2v) is 31.0. The first-order chi connectivity index (χ1) is 48.6. The minimum atomic E-state index is -0.206. The molecule has 0 N–H and O–H groups in total. The van der Waals surface area contributed by atoms with Crippen LogP contribution in [0.25, 0.3) is 93.9 Å². The van der Waals surface area contributed by atoms with Crippen molar-refractivity contribution in [1.82, 2.24) is 0 Å². The molecular weight excluding hydrogens is 1210 g/mol. The quantitative estimate of drug-likeness (QED) is 0.126. The van der Waals surface area contributed by atoms with Crippen LogP contribution in [0, 0.1) is 5.92 Å². The third-order valence-corrected chi connectivity index (χ3v) is 24.2. The van der Waals surface area contributed by atoms with Crippen LogP contribution in [-0.2, 0) is 21.7 Å². The van der Waals surface area contributed by atoms with Crippen LogP contribution in [0.15, 0.2) is 309 Å². The first-order valence-electron chi connectivity index (χ1n) is 36.1. The van der Waals surface area contributed by atoms with Crippen molar-refractivity contribution < 1.29 is 0 Å². The minimum Gasteiger partial charge on any atom is -0.310 e. The van der Waals surface area contributed by atoms with Gasteiger partial charge in [0.15, 0.2) is 0 Å². The molecule has 2 atom stereocenters. The van der Waals surface area contributed by atoms with Crippen molar-refractivity contribution in [3.8, 4) is 66.8 Å². The maximum atomic E-state index is 2.58. The van der Waals surface area contributed by atoms with Crippen molar-refractivity contribution in [2.75, 3.05) is 9.80 Å². The maximum absolute atomic E-state index is 2.58. The molecule has 0 aliphatic heterocycles. The maximum Gasteiger partial charge on any atom is 0.0468 e. The fourth-order valence-corrected chi connectivity index (χ4v) is 19.2. The molecule has 6 aliphatic rings. The van der Waals surface area contributed by atoms with E-state index in [2.05, 4.69) is 369 Å². The van der Waals surface area contributed by atoms with Gasteiger partial charge < -0.3 is 9.80 Å². The summed E-state index contributed by atoms with van der Waals surface area (Å²) in [4.78, 5) is 5.16. The molecule has 6 aliphatic carbocycles. The van der Waals surface area contributed by atoms with Crippen LogP contribution < -0.4 is 9.80 Å². The third-order valence-electron chi connectivity index (χ3n) is 24.2. The highest BCUT2D eigenvalue weighted by Gasteiger charge is 2.46. The zero-order valence-electron chi connectivity index (χ0n) is 58.3. The van der Waals surface area contributed by atoms with Crippen molar-refractivity contribution in [3.05, 3.63) is 353 Å². The fraction of sp³-hybridized carbons (Fsp3) is 0.163. The predicted octanol–water partition coefficient (Wildman–Crippen LogP) is 26.7. The first kappa shape index (κ1) is 60.1. The zero-order chi connectivity index (χ0) is 67.6. The highest BCUT2D eigenvalue weighted by atomic mass is 15.1. The Morgan fingerprint density at radius 2 is 0.700 bits per heavy atom. The summed E-state index contributed by atoms with van der Waals surface area (Å²) >= 11 is 0. The lowest BCUT2D eigenvalue weighted by atomic mass is 9.74. The smallest absolute Gasteiger partial charge is 0.0468 e. The number of benzene rings is 13. The van der Waals surface area contributed by atoms with Gasteiger partial charge in [-0.05, 0) is 241 Å². The Kier molecular flexibility index (Phi) is 13.4. The molecule has 19 rings (SSSR count). The van der Waals surface area contributed by atoms with Crippen LogP contribution in [0.3, 0.4) is 0 Å². The molecule has 0 heterocycles. The van der Waals surface area contributed by atoms with Gasteiger partial charge in [0.1, 0.15) is 0 Å². The molecule has 0 spiro atoms. The number of fused-ring (bicyclic) bond motifs is 13. The van der Waals surface area contributed by atoms with Crippen LogP contribution in [0.2, 0.25) is 0 Å². The molecule has 2 nitrogen and oxygen atoms in total. The topological polar surface area (TPSA) is 6.48 Å². The Hall–Kier alpha value is -11.1. The summed E-state index contributed by atoms with van der Waals surface area (Å²) in [6, 6.07) is 103. The Bertz CT molecular complexity index is 5740. The molecule has 0 saturated carbocycles. The van der Waals surface area contributed by atoms with Crippen molar-refractivity contribution in [2.24, 2.45) is 5.92 Å². The lowest BCUT2D eigenvalue weighted by Crippen LogP contribution is -2.24. The van der Waals surface area contributed by atoms with E-state index in [0.717, 1.165) is 47.0 Å². The highest BCUT2D eigenvalue weighted by Crippen LogP contribution is 2.59. The first-order valence-corrected chi connectivity index (χ1v) is 36.1. The van der Waals surface area contributed by atoms with Crippen LogP contribution in [0.4, 0.5) is 34.1 Å². The number of rotatable bonds is 10. The van der Waals surface area contributed by atoms with E-state index >= 15 is 0 Å². The van der Waals surface area contributed by atoms with Gasteiger partial charge in [-0.2, -0.15) is 0 Å². The molecule has 2 heteroatoms. The molecule has 0 amide bonds. The number of nitrogens with zero attached hydrogens (tertiary/aromatic N) is 2. The molecule has 13 aromatic rings. The lowest BCUT2D eigenvalue weighted by Gasteiger charge is -2.32. The van der Waals surface area contributed by atoms with E-state index in [4.69, 9.17) is 0 Å². The Morgan fingerprint density at radius 1 is 0.310 bits per heavy atom. The van der Waals surface area contributed by atoms with Crippen LogP contribution in [0.1, 0.15) is 119 Å². The lowest BCUT2D eigenvalue weighted by molar-refractivity contribution is 0.394. The molecule has 0 radical (unpaired) electrons. The van der Waals surface area contributed by atoms with Gasteiger partial charge in [0.05, 0.1) is 0 Å². The normalized spacial score (nSPS) is 17.7. The highest BCUT2D eigenvalue weighted by molar-refractivity contribution is 6.24. The van der Waals surface area contributed by atoms with Gasteiger partial charge >= 0.3 is 0 Å². The van der Waals surface area contributed by atoms with Crippen LogP contribution >= 0.6 is 0 Å². The summed E-state index contributed by atoms with van der Waals surface area (Å²) in [5, 5.41) is 4.74. The van der Waals surface area contributed by atoms with Crippen molar-refractivity contribution in [3.63, 3.8) is 0 Å². The summed E-state index contributed by atoms with van der Waals surface area (Å²) in [6.07, 6.45) is 16.3. The summed E-state index contributed by atoms with van der Waals surface area (Å²) in [7, 11) is 0. The minimum absolute atomic E-state index is 0.0923. The van der Waals surface area contributed by atoms with Crippen molar-refractivity contribution in [1.29, 1.82) is 0 Å². The fourth-order valence-electron chi connectivity index (χ4n) is 19.2. The molecule has 0 bridgehead atoms. The third kappa shape index (κ3) is 8.88. The Morgan fingerprint density at radius 3 is 1.21 bits per heavy atom. The number of hydrogen-bond acceptors (Lipinski definition) is 2. The molecule has 13 aromatic carbocycles. The number of anilines is 6. The van der Waals surface area contributed by atoms with Gasteiger partial charge in [-0.25, -0.2) is 0 Å². The van der Waals surface area contributed by atoms with Gasteiger partial charge in [-0.3, -0.25) is 0 Å². The summed E-state index contributed by atoms with van der Waals surface area (Å²) < 4.78 is 0. The SMILES string of the molecule is CC1(C)C2=C(CCC=C2)c2ccc(N(c3ccc4c(c3)C(C)(C)c3ccccc3-4)c3ccc4c(-c5ccccc5-c5ccccc5)c5cc(N(c6ccc7c(c6)C(C)(C)c6ccccc6-7)c6ccc7c(c6)C(C)(C)C6C=CC=CC76)ccc5c(-c5ccccc5-c5ccccc5)c4c3)cc21. The molecule has 100 heavy (non-hydrogen) atoms. The van der Waals surface area contributed by atoms with Gasteiger partial charge in [-0.1, -0.05) is 286 Å². The van der Waals surface area contributed by atoms with E-state index in [1.54, 1.807) is 0 Å². The van der Waals surface area contributed by atoms with E-state index in [1.165, 1.54) is 144 Å². The molecule has 0 saturated heterocycles. The predicted molar refractivity (Wildman–Crippen MR) is 424 cm³/mol. The summed E-state index contributed by atoms with van der Waals surface area (Å²) in [5.41, 5.74) is 34.9. The van der Waals surface area contributed by atoms with Gasteiger partial charge in [0.2, 0.25) is 0 Å². The van der Waals surface area contributed by atoms with Crippen LogP contribution in [0.5, 0.6) is 0 Å². The van der Waals surface area contributed by atoms with Crippen molar-refractivity contribution >= 4 is 61.2 Å². The summed E-state index contributed by atoms with van der Waals surface area (Å²) in [5.74, 6) is 0.711. The average molecular weight is 1290 g/mol. The Balaban J connectivity index is 0.908. The van der Waals surface area contributed by atoms with E-state index < -0.39 is 0 Å². The van der Waals surface area contributed by atoms with Crippen molar-refractivity contribution in [2.45, 2.75) is 95.8 Å². The molecule has 2 unspecified atom stereocenters. The standard InChI is InChI=1S/C98H80N2/c1-95(2)85-39-23-19-33-71(85)75-49-43-65(57-89(75)95)99(66-44-50-76-72-34-20-24-40-86(72)96(3,4)90(76)58-66)63-47-53-81-83(55-63)93(79-37-17-15-31-69(79)61-27-11-9-12-28-61)82-54-48-64(56-84(82)94(81)80-38-18-16-32-70(80)62-29-13-10-14-30-62)100(67-45-51-77-73-35-21-25-41-87(73)97(5,6)91(77)59-67)68-46-52-78-74-36-22-26-42-88(74)98(7,8)92(78)60-68/h9-21,23-35,37-60,71,85H,22,36H2,1-8H3. The summed E-state index contributed by atoms with van der Waals surface area (Å²) in [6.45, 7) is 19.4. The van der Waals surface area contributed by atoms with E-state index in [-0.39, 0.29) is 21.7 Å². The van der Waals surface area contributed by atoms with Gasteiger partial charge in [0, 0.05) is 56.3 Å². The second-order valence-electron chi connectivity index (χ2n) is 31.0. The second kappa shape index (κ2) is 22.2.